The summed E-state index contributed by atoms with van der Waals surface area (Å²) in [6.07, 6.45) is -3.27. The Morgan fingerprint density at radius 3 is 2.18 bits per heavy atom. The molecule has 11 heteroatoms. The summed E-state index contributed by atoms with van der Waals surface area (Å²) >= 11 is 0. The molecule has 1 unspecified atom stereocenters. The first-order chi connectivity index (χ1) is 14.7. The number of rotatable bonds is 7. The quantitative estimate of drug-likeness (QED) is 0.515. The second kappa shape index (κ2) is 9.14. The number of aromatic nitrogens is 2. The van der Waals surface area contributed by atoms with Crippen LogP contribution >= 0.6 is 0 Å². The van der Waals surface area contributed by atoms with Gasteiger partial charge >= 0.3 is 5.69 Å². The van der Waals surface area contributed by atoms with E-state index in [1.807, 2.05) is 26.2 Å². The maximum Gasteiger partial charge on any atom is 0.351 e. The Bertz CT molecular complexity index is 897. The Balaban J connectivity index is 2.51. The predicted molar refractivity (Wildman–Crippen MR) is 132 cm³/mol. The van der Waals surface area contributed by atoms with Crippen molar-refractivity contribution in [2.45, 2.75) is 109 Å². The van der Waals surface area contributed by atoms with Crippen LogP contribution in [0.15, 0.2) is 17.1 Å². The summed E-state index contributed by atoms with van der Waals surface area (Å²) in [5, 5.41) is -0.360. The van der Waals surface area contributed by atoms with Crippen molar-refractivity contribution in [3.63, 3.8) is 0 Å². The highest BCUT2D eigenvalue weighted by Crippen LogP contribution is 2.48. The predicted octanol–water partition coefficient (Wildman–Crippen LogP) is 5.16. The molecule has 0 amide bonds. The van der Waals surface area contributed by atoms with E-state index in [1.165, 1.54) is 16.8 Å². The van der Waals surface area contributed by atoms with Crippen LogP contribution in [0.3, 0.4) is 0 Å². The zero-order chi connectivity index (χ0) is 25.6. The number of hydrogen-bond acceptors (Lipinski definition) is 6. The Morgan fingerprint density at radius 1 is 1.18 bits per heavy atom. The van der Waals surface area contributed by atoms with Crippen LogP contribution in [0.5, 0.6) is 0 Å². The van der Waals surface area contributed by atoms with Gasteiger partial charge in [0.2, 0.25) is 0 Å². The maximum atomic E-state index is 14.9. The molecule has 0 spiro atoms. The topological polar surface area (TPSA) is 88.6 Å². The van der Waals surface area contributed by atoms with Gasteiger partial charge in [-0.05, 0) is 42.3 Å². The smallest absolute Gasteiger partial charge is 0.351 e. The first kappa shape index (κ1) is 28.1. The van der Waals surface area contributed by atoms with Crippen molar-refractivity contribution < 1.29 is 22.4 Å². The van der Waals surface area contributed by atoms with Crippen LogP contribution < -0.4 is 11.4 Å². The monoisotopic (exact) mass is 505 g/mol. The van der Waals surface area contributed by atoms with Crippen LogP contribution in [0, 0.1) is 0 Å². The molecule has 2 N–H and O–H groups in total. The number of hydrogen-bond donors (Lipinski definition) is 1. The van der Waals surface area contributed by atoms with E-state index in [9.17, 15) is 13.6 Å². The number of nitrogens with two attached hydrogens (primary N) is 1. The zero-order valence-electron chi connectivity index (χ0n) is 21.7. The fourth-order valence-electron chi connectivity index (χ4n) is 3.15. The highest BCUT2D eigenvalue weighted by Gasteiger charge is 2.60. The Morgan fingerprint density at radius 2 is 1.73 bits per heavy atom. The third-order valence-corrected chi connectivity index (χ3v) is 16.5. The maximum absolute atomic E-state index is 14.9. The van der Waals surface area contributed by atoms with Gasteiger partial charge in [0.25, 0.3) is 6.43 Å². The summed E-state index contributed by atoms with van der Waals surface area (Å²) in [6.45, 7) is 20.1. The van der Waals surface area contributed by atoms with Crippen molar-refractivity contribution in [1.82, 2.24) is 9.55 Å². The first-order valence-electron chi connectivity index (χ1n) is 11.4. The van der Waals surface area contributed by atoms with Gasteiger partial charge in [-0.15, -0.1) is 0 Å². The van der Waals surface area contributed by atoms with Gasteiger partial charge in [-0.2, -0.15) is 4.98 Å². The summed E-state index contributed by atoms with van der Waals surface area (Å²) in [4.78, 5) is 16.2. The molecule has 3 atom stereocenters. The van der Waals surface area contributed by atoms with E-state index in [0.29, 0.717) is 0 Å². The summed E-state index contributed by atoms with van der Waals surface area (Å²) in [5.41, 5.74) is 2.95. The van der Waals surface area contributed by atoms with E-state index in [2.05, 4.69) is 46.5 Å². The van der Waals surface area contributed by atoms with E-state index in [-0.39, 0.29) is 28.9 Å². The molecular weight excluding hydrogens is 464 g/mol. The lowest BCUT2D eigenvalue weighted by Crippen LogP contribution is -2.58. The summed E-state index contributed by atoms with van der Waals surface area (Å²) in [7, 11) is -4.81. The average Bonchev–Trinajstić information content (AvgIpc) is 2.97. The third-order valence-electron chi connectivity index (χ3n) is 7.56. The molecule has 1 saturated heterocycles. The molecular formula is C22H41F2N3O4Si2. The number of nitrogens with zero attached hydrogens (tertiary/aromatic N) is 2. The summed E-state index contributed by atoms with van der Waals surface area (Å²) in [6, 6.07) is 1.45. The van der Waals surface area contributed by atoms with E-state index in [1.54, 1.807) is 0 Å². The SMILES string of the molecule is CC(C)(C)[Si](C)(C)OC[C@@]1(C(F)F)O[C@@H](n2ccc(N)nc2=O)CC1O[Si](C)(C)C(C)(C)C. The largest absolute Gasteiger partial charge is 0.414 e. The third kappa shape index (κ3) is 5.75. The van der Waals surface area contributed by atoms with Gasteiger partial charge in [-0.25, -0.2) is 13.6 Å². The Kier molecular flexibility index (Phi) is 7.78. The summed E-state index contributed by atoms with van der Waals surface area (Å²) < 4.78 is 49.7. The lowest BCUT2D eigenvalue weighted by molar-refractivity contribution is -0.191. The van der Waals surface area contributed by atoms with Crippen molar-refractivity contribution in [3.8, 4) is 0 Å². The second-order valence-corrected chi connectivity index (χ2v) is 21.6. The molecule has 0 radical (unpaired) electrons. The van der Waals surface area contributed by atoms with E-state index in [0.717, 1.165) is 0 Å². The van der Waals surface area contributed by atoms with E-state index in [4.69, 9.17) is 19.3 Å². The van der Waals surface area contributed by atoms with Crippen LogP contribution in [0.1, 0.15) is 54.2 Å². The van der Waals surface area contributed by atoms with Crippen molar-refractivity contribution in [2.75, 3.05) is 12.3 Å². The van der Waals surface area contributed by atoms with Gasteiger partial charge in [-0.1, -0.05) is 41.5 Å². The minimum absolute atomic E-state index is 0.0599. The first-order valence-corrected chi connectivity index (χ1v) is 17.2. The molecule has 1 aliphatic heterocycles. The average molecular weight is 506 g/mol. The standard InChI is InChI=1S/C22H41F2N3O4Si2/c1-20(2,3)32(7,8)29-14-22(18(23)24)15(31-33(9,10)21(4,5)6)13-17(30-22)27-12-11-16(25)26-19(27)28/h11-12,15,17-18H,13-14H2,1-10H3,(H2,25,26,28)/t15?,17-,22-/m1/s1. The minimum atomic E-state index is -2.88. The van der Waals surface area contributed by atoms with Gasteiger partial charge in [0.15, 0.2) is 22.2 Å². The number of anilines is 1. The molecule has 1 fully saturated rings. The van der Waals surface area contributed by atoms with Gasteiger partial charge in [-0.3, -0.25) is 4.57 Å². The Labute approximate surface area is 198 Å². The second-order valence-electron chi connectivity index (χ2n) is 12.0. The normalized spacial score (nSPS) is 25.1. The number of ether oxygens (including phenoxy) is 1. The molecule has 1 aromatic heterocycles. The zero-order valence-corrected chi connectivity index (χ0v) is 23.7. The molecule has 33 heavy (non-hydrogen) atoms. The van der Waals surface area contributed by atoms with Crippen LogP contribution in [0.2, 0.25) is 36.3 Å². The van der Waals surface area contributed by atoms with Crippen molar-refractivity contribution >= 4 is 22.5 Å². The minimum Gasteiger partial charge on any atom is -0.414 e. The molecule has 2 heterocycles. The number of nitrogen functional groups attached to an aromatic ring is 1. The van der Waals surface area contributed by atoms with Gasteiger partial charge in [0.05, 0.1) is 12.7 Å². The molecule has 0 aromatic carbocycles. The van der Waals surface area contributed by atoms with Gasteiger partial charge in [0.1, 0.15) is 12.0 Å². The molecule has 0 bridgehead atoms. The van der Waals surface area contributed by atoms with Crippen LogP contribution in [0.4, 0.5) is 14.6 Å². The Hall–Kier alpha value is -1.15. The van der Waals surface area contributed by atoms with E-state index < -0.39 is 46.7 Å². The fraction of sp³-hybridized carbons (Fsp3) is 0.818. The molecule has 7 nitrogen and oxygen atoms in total. The molecule has 1 aromatic rings. The fourth-order valence-corrected chi connectivity index (χ4v) is 5.53. The number of alkyl halides is 2. The van der Waals surface area contributed by atoms with Crippen LogP contribution in [-0.2, 0) is 13.6 Å². The van der Waals surface area contributed by atoms with Crippen molar-refractivity contribution in [2.24, 2.45) is 0 Å². The van der Waals surface area contributed by atoms with Crippen LogP contribution in [0.25, 0.3) is 0 Å². The molecule has 190 valence electrons. The van der Waals surface area contributed by atoms with E-state index >= 15 is 0 Å². The van der Waals surface area contributed by atoms with Gasteiger partial charge < -0.3 is 19.3 Å². The molecule has 2 rings (SSSR count). The number of halogens is 2. The molecule has 0 saturated carbocycles. The molecule has 1 aliphatic rings. The van der Waals surface area contributed by atoms with Crippen molar-refractivity contribution in [3.05, 3.63) is 22.7 Å². The van der Waals surface area contributed by atoms with Crippen molar-refractivity contribution in [1.29, 1.82) is 0 Å². The lowest BCUT2D eigenvalue weighted by atomic mass is 9.98. The highest BCUT2D eigenvalue weighted by atomic mass is 28.4. The van der Waals surface area contributed by atoms with Gasteiger partial charge in [0, 0.05) is 12.6 Å². The van der Waals surface area contributed by atoms with Crippen LogP contribution in [-0.4, -0.2) is 50.9 Å². The molecule has 0 aliphatic carbocycles. The highest BCUT2D eigenvalue weighted by molar-refractivity contribution is 6.74. The lowest BCUT2D eigenvalue weighted by Gasteiger charge is -2.44. The summed E-state index contributed by atoms with van der Waals surface area (Å²) in [5.74, 6) is 0.0599.